The molecule has 2 aliphatic rings. The summed E-state index contributed by atoms with van der Waals surface area (Å²) < 4.78 is 20.7. The quantitative estimate of drug-likeness (QED) is 0.178. The van der Waals surface area contributed by atoms with Crippen LogP contribution in [0.3, 0.4) is 0 Å². The van der Waals surface area contributed by atoms with Crippen LogP contribution < -0.4 is 14.5 Å². The fraction of sp³-hybridized carbons (Fsp3) is 0.444. The molecule has 0 unspecified atom stereocenters. The van der Waals surface area contributed by atoms with Crippen molar-refractivity contribution in [3.63, 3.8) is 0 Å². The van der Waals surface area contributed by atoms with Gasteiger partial charge in [0.1, 0.15) is 17.2 Å². The van der Waals surface area contributed by atoms with Gasteiger partial charge in [0, 0.05) is 51.0 Å². The average molecular weight is 630 g/mol. The number of carbonyl (C=O) groups is 2. The minimum Gasteiger partial charge on any atom is -0.489 e. The molecule has 0 radical (unpaired) electrons. The Kier molecular flexibility index (Phi) is 9.47. The second-order valence-electron chi connectivity index (χ2n) is 12.0. The molecule has 0 N–H and O–H groups in total. The van der Waals surface area contributed by atoms with Crippen LogP contribution in [-0.4, -0.2) is 56.4 Å². The van der Waals surface area contributed by atoms with Crippen LogP contribution in [-0.2, 0) is 27.9 Å². The summed E-state index contributed by atoms with van der Waals surface area (Å²) in [5.74, 6) is 1.01. The number of fused-ring (bicyclic) bond motifs is 1. The predicted molar refractivity (Wildman–Crippen MR) is 181 cm³/mol. The number of hydrogen-bond donors (Lipinski definition) is 0. The number of benzene rings is 2. The van der Waals surface area contributed by atoms with E-state index in [1.165, 1.54) is 48.1 Å². The molecule has 3 heterocycles. The molecule has 9 heteroatoms. The molecular formula is C36H43N3O5S. The standard InChI is InChI=1S/C36H43N3O5S/c1-5-43-36(41)32-22-31-35(45-32)33(25-9-7-6-8-10-25)34(38(31)4)26-11-14-29(15-12-26)44-23-27-21-28(37(3)24(2)40)13-16-30(27)39-17-19-42-20-18-39/h11-16,21-22,25H,5-10,17-20,23H2,1-4H3. The zero-order chi connectivity index (χ0) is 31.5. The second-order valence-corrected chi connectivity index (χ2v) is 13.1. The highest BCUT2D eigenvalue weighted by Gasteiger charge is 2.28. The van der Waals surface area contributed by atoms with Crippen LogP contribution in [0.1, 0.15) is 72.7 Å². The summed E-state index contributed by atoms with van der Waals surface area (Å²) in [4.78, 5) is 29.3. The number of thiophene rings is 1. The third-order valence-corrected chi connectivity index (χ3v) is 10.3. The Morgan fingerprint density at radius 1 is 1.02 bits per heavy atom. The summed E-state index contributed by atoms with van der Waals surface area (Å²) in [6, 6.07) is 16.5. The molecule has 1 aliphatic heterocycles. The van der Waals surface area contributed by atoms with E-state index >= 15 is 0 Å². The molecule has 8 nitrogen and oxygen atoms in total. The Morgan fingerprint density at radius 2 is 1.76 bits per heavy atom. The van der Waals surface area contributed by atoms with Gasteiger partial charge in [-0.2, -0.15) is 0 Å². The van der Waals surface area contributed by atoms with Gasteiger partial charge < -0.3 is 28.6 Å². The van der Waals surface area contributed by atoms with Gasteiger partial charge in [0.05, 0.1) is 35.7 Å². The minimum absolute atomic E-state index is 0.0122. The lowest BCUT2D eigenvalue weighted by atomic mass is 9.83. The number of rotatable bonds is 9. The lowest BCUT2D eigenvalue weighted by Gasteiger charge is -2.31. The molecule has 6 rings (SSSR count). The topological polar surface area (TPSA) is 73.2 Å². The van der Waals surface area contributed by atoms with Crippen molar-refractivity contribution >= 4 is 44.8 Å². The van der Waals surface area contributed by atoms with Crippen LogP contribution >= 0.6 is 11.3 Å². The Hall–Kier alpha value is -3.82. The molecule has 2 aromatic heterocycles. The van der Waals surface area contributed by atoms with Gasteiger partial charge in [0.15, 0.2) is 0 Å². The number of esters is 1. The first-order chi connectivity index (χ1) is 21.9. The number of hydrogen-bond acceptors (Lipinski definition) is 7. The van der Waals surface area contributed by atoms with E-state index in [1.807, 2.05) is 31.2 Å². The minimum atomic E-state index is -0.244. The van der Waals surface area contributed by atoms with Gasteiger partial charge in [-0.1, -0.05) is 19.3 Å². The largest absolute Gasteiger partial charge is 0.489 e. The summed E-state index contributed by atoms with van der Waals surface area (Å²) in [6.45, 7) is 7.21. The Labute approximate surface area is 269 Å². The molecule has 2 aromatic carbocycles. The van der Waals surface area contributed by atoms with Crippen molar-refractivity contribution in [3.05, 3.63) is 64.5 Å². The van der Waals surface area contributed by atoms with Crippen LogP contribution in [0.4, 0.5) is 11.4 Å². The normalized spacial score (nSPS) is 15.8. The second kappa shape index (κ2) is 13.7. The molecule has 1 saturated heterocycles. The van der Waals surface area contributed by atoms with Gasteiger partial charge in [0.25, 0.3) is 0 Å². The molecule has 4 aromatic rings. The van der Waals surface area contributed by atoms with Crippen molar-refractivity contribution < 1.29 is 23.8 Å². The van der Waals surface area contributed by atoms with Crippen LogP contribution in [0.2, 0.25) is 0 Å². The average Bonchev–Trinajstić information content (AvgIpc) is 3.62. The van der Waals surface area contributed by atoms with Gasteiger partial charge in [0.2, 0.25) is 5.91 Å². The zero-order valence-corrected chi connectivity index (χ0v) is 27.6. The van der Waals surface area contributed by atoms with Crippen molar-refractivity contribution in [1.82, 2.24) is 4.57 Å². The summed E-state index contributed by atoms with van der Waals surface area (Å²) in [6.07, 6.45) is 6.10. The first-order valence-corrected chi connectivity index (χ1v) is 16.9. The highest BCUT2D eigenvalue weighted by Crippen LogP contribution is 2.46. The van der Waals surface area contributed by atoms with E-state index in [4.69, 9.17) is 14.2 Å². The first kappa shape index (κ1) is 31.2. The molecule has 0 bridgehead atoms. The molecular weight excluding hydrogens is 586 g/mol. The molecule has 1 saturated carbocycles. The number of nitrogens with zero attached hydrogens (tertiary/aromatic N) is 3. The number of carbonyl (C=O) groups excluding carboxylic acids is 2. The van der Waals surface area contributed by atoms with E-state index in [-0.39, 0.29) is 11.9 Å². The Balaban J connectivity index is 1.28. The van der Waals surface area contributed by atoms with Crippen molar-refractivity contribution in [2.75, 3.05) is 49.8 Å². The van der Waals surface area contributed by atoms with E-state index in [2.05, 4.69) is 40.8 Å². The number of anilines is 2. The van der Waals surface area contributed by atoms with Crippen molar-refractivity contribution in [2.24, 2.45) is 7.05 Å². The molecule has 1 amide bonds. The molecule has 1 aliphatic carbocycles. The van der Waals surface area contributed by atoms with Gasteiger partial charge in [-0.15, -0.1) is 11.3 Å². The monoisotopic (exact) mass is 629 g/mol. The zero-order valence-electron chi connectivity index (χ0n) is 26.8. The Bertz CT molecular complexity index is 1660. The third kappa shape index (κ3) is 6.47. The molecule has 2 fully saturated rings. The van der Waals surface area contributed by atoms with Gasteiger partial charge >= 0.3 is 5.97 Å². The van der Waals surface area contributed by atoms with Crippen LogP contribution in [0.25, 0.3) is 21.5 Å². The van der Waals surface area contributed by atoms with Crippen LogP contribution in [0.5, 0.6) is 5.75 Å². The van der Waals surface area contributed by atoms with Gasteiger partial charge in [-0.3, -0.25) is 4.79 Å². The summed E-state index contributed by atoms with van der Waals surface area (Å²) in [5, 5.41) is 0. The Morgan fingerprint density at radius 3 is 2.44 bits per heavy atom. The third-order valence-electron chi connectivity index (χ3n) is 9.20. The maximum absolute atomic E-state index is 12.6. The fourth-order valence-corrected chi connectivity index (χ4v) is 7.92. The lowest BCUT2D eigenvalue weighted by Crippen LogP contribution is -2.37. The SMILES string of the molecule is CCOC(=O)c1cc2c(s1)c(C1CCCCC1)c(-c1ccc(OCc3cc(N(C)C(C)=O)ccc3N3CCOCC3)cc1)n2C. The van der Waals surface area contributed by atoms with E-state index < -0.39 is 0 Å². The van der Waals surface area contributed by atoms with Crippen LogP contribution in [0, 0.1) is 0 Å². The highest BCUT2D eigenvalue weighted by molar-refractivity contribution is 7.21. The summed E-state index contributed by atoms with van der Waals surface area (Å²) >= 11 is 1.57. The van der Waals surface area contributed by atoms with Crippen molar-refractivity contribution in [3.8, 4) is 17.0 Å². The highest BCUT2D eigenvalue weighted by atomic mass is 32.1. The number of aryl methyl sites for hydroxylation is 1. The number of aromatic nitrogens is 1. The van der Waals surface area contributed by atoms with E-state index in [0.29, 0.717) is 37.2 Å². The first-order valence-electron chi connectivity index (χ1n) is 16.1. The maximum atomic E-state index is 12.6. The van der Waals surface area contributed by atoms with Gasteiger partial charge in [-0.05, 0) is 85.3 Å². The fourth-order valence-electron chi connectivity index (χ4n) is 6.71. The van der Waals surface area contributed by atoms with Crippen molar-refractivity contribution in [1.29, 1.82) is 0 Å². The van der Waals surface area contributed by atoms with E-state index in [0.717, 1.165) is 46.9 Å². The lowest BCUT2D eigenvalue weighted by molar-refractivity contribution is -0.116. The van der Waals surface area contributed by atoms with E-state index in [1.54, 1.807) is 30.2 Å². The predicted octanol–water partition coefficient (Wildman–Crippen LogP) is 7.53. The molecule has 0 spiro atoms. The summed E-state index contributed by atoms with van der Waals surface area (Å²) in [7, 11) is 3.90. The number of ether oxygens (including phenoxy) is 3. The maximum Gasteiger partial charge on any atom is 0.348 e. The molecule has 0 atom stereocenters. The van der Waals surface area contributed by atoms with Crippen molar-refractivity contribution in [2.45, 2.75) is 58.5 Å². The van der Waals surface area contributed by atoms with Gasteiger partial charge in [-0.25, -0.2) is 4.79 Å². The van der Waals surface area contributed by atoms with Crippen LogP contribution in [0.15, 0.2) is 48.5 Å². The number of amides is 1. The number of morpholine rings is 1. The molecule has 238 valence electrons. The summed E-state index contributed by atoms with van der Waals surface area (Å²) in [5.41, 5.74) is 7.81. The molecule has 45 heavy (non-hydrogen) atoms. The van der Waals surface area contributed by atoms with E-state index in [9.17, 15) is 9.59 Å². The smallest absolute Gasteiger partial charge is 0.348 e.